The zero-order chi connectivity index (χ0) is 32.4. The third-order valence-corrected chi connectivity index (χ3v) is 9.19. The van der Waals surface area contributed by atoms with E-state index in [4.69, 9.17) is 15.9 Å². The predicted octanol–water partition coefficient (Wildman–Crippen LogP) is 3.93. The molecule has 1 unspecified atom stereocenters. The van der Waals surface area contributed by atoms with Crippen molar-refractivity contribution in [2.45, 2.75) is 106 Å². The van der Waals surface area contributed by atoms with Crippen LogP contribution in [0, 0.1) is 30.6 Å². The fraction of sp³-hybridized carbons (Fsp3) is 0.571. The lowest BCUT2D eigenvalue weighted by Crippen LogP contribution is -2.51. The van der Waals surface area contributed by atoms with Crippen molar-refractivity contribution in [3.63, 3.8) is 0 Å². The van der Waals surface area contributed by atoms with Crippen molar-refractivity contribution in [2.24, 2.45) is 26.9 Å². The van der Waals surface area contributed by atoms with Gasteiger partial charge in [-0.3, -0.25) is 25.0 Å². The number of rotatable bonds is 8. The molecule has 5 N–H and O–H groups in total. The quantitative estimate of drug-likeness (QED) is 0.240. The fourth-order valence-electron chi connectivity index (χ4n) is 6.69. The second-order valence-electron chi connectivity index (χ2n) is 14.9. The summed E-state index contributed by atoms with van der Waals surface area (Å²) < 4.78 is 0. The number of carbonyl (C=O) groups is 2. The van der Waals surface area contributed by atoms with Gasteiger partial charge >= 0.3 is 5.84 Å². The summed E-state index contributed by atoms with van der Waals surface area (Å²) in [5.41, 5.74) is 9.46. The number of aryl methyl sites for hydroxylation is 2. The van der Waals surface area contributed by atoms with Crippen molar-refractivity contribution < 1.29 is 20.5 Å². The first-order valence-electron chi connectivity index (χ1n) is 15.8. The number of carbonyl (C=O) groups excluding carboxylic acids is 2. The largest absolute Gasteiger partial charge is 0.381 e. The van der Waals surface area contributed by atoms with Crippen molar-refractivity contribution in [2.75, 3.05) is 6.54 Å². The van der Waals surface area contributed by atoms with E-state index in [0.29, 0.717) is 17.2 Å². The predicted molar refractivity (Wildman–Crippen MR) is 173 cm³/mol. The molecular weight excluding hydrogens is 550 g/mol. The van der Waals surface area contributed by atoms with Crippen LogP contribution in [0.25, 0.3) is 0 Å². The van der Waals surface area contributed by atoms with Gasteiger partial charge in [-0.25, -0.2) is 0 Å². The van der Waals surface area contributed by atoms with Crippen molar-refractivity contribution in [3.05, 3.63) is 64.5 Å². The number of hydrogen-bond donors (Lipinski definition) is 3. The fourth-order valence-corrected chi connectivity index (χ4v) is 6.69. The standard InChI is InChI=1S/C35H49N7O2/c1-22-19-26(20-23(2)39-22)30-32(44)42(35(40-30)17-13-27(14-18-35)34(6,7)8)28(15-16-33(3,4)5)24-9-11-25(12-10-24)31(43)38-21-29(36)41-37/h9-12,19-20,27-28,36-37H,13-18,21H2,1-8H3,(H,38,43)/p+2. The highest BCUT2D eigenvalue weighted by molar-refractivity contribution is 6.46. The van der Waals surface area contributed by atoms with Gasteiger partial charge in [-0.1, -0.05) is 59.2 Å². The van der Waals surface area contributed by atoms with Crippen molar-refractivity contribution in [1.82, 2.24) is 15.2 Å². The van der Waals surface area contributed by atoms with Crippen LogP contribution in [-0.2, 0) is 4.79 Å². The number of hydrogen-bond acceptors (Lipinski definition) is 4. The van der Waals surface area contributed by atoms with Crippen LogP contribution < -0.4 is 16.3 Å². The maximum atomic E-state index is 14.6. The van der Waals surface area contributed by atoms with E-state index in [9.17, 15) is 9.59 Å². The van der Waals surface area contributed by atoms with E-state index in [1.165, 1.54) is 0 Å². The number of nitrogens with two attached hydrogens (primary N) is 2. The number of benzene rings is 1. The summed E-state index contributed by atoms with van der Waals surface area (Å²) in [5.74, 6) is 0.421. The molecule has 2 amide bonds. The summed E-state index contributed by atoms with van der Waals surface area (Å²) in [5, 5.41) is 11.8. The highest BCUT2D eigenvalue weighted by atomic mass is 16.2. The Bertz CT molecular complexity index is 1420. The minimum Gasteiger partial charge on any atom is -0.340 e. The molecule has 44 heavy (non-hydrogen) atoms. The molecule has 1 saturated carbocycles. The van der Waals surface area contributed by atoms with E-state index < -0.39 is 5.66 Å². The Morgan fingerprint density at radius 1 is 1.07 bits per heavy atom. The van der Waals surface area contributed by atoms with Crippen LogP contribution in [-0.4, -0.2) is 45.5 Å². The van der Waals surface area contributed by atoms with E-state index in [-0.39, 0.29) is 41.1 Å². The van der Waals surface area contributed by atoms with Gasteiger partial charge in [-0.15, -0.1) is 0 Å². The molecule has 9 heteroatoms. The Balaban J connectivity index is 1.76. The number of amides is 2. The van der Waals surface area contributed by atoms with Crippen LogP contribution in [0.15, 0.2) is 46.5 Å². The first kappa shape index (κ1) is 33.1. The van der Waals surface area contributed by atoms with Gasteiger partial charge in [0.1, 0.15) is 17.9 Å². The van der Waals surface area contributed by atoms with Crippen LogP contribution in [0.3, 0.4) is 0 Å². The van der Waals surface area contributed by atoms with Crippen LogP contribution in [0.5, 0.6) is 0 Å². The van der Waals surface area contributed by atoms with E-state index in [2.05, 4.69) is 61.9 Å². The average Bonchev–Trinajstić information content (AvgIpc) is 3.21. The van der Waals surface area contributed by atoms with Crippen molar-refractivity contribution >= 4 is 23.4 Å². The lowest BCUT2D eigenvalue weighted by atomic mass is 9.69. The van der Waals surface area contributed by atoms with Crippen LogP contribution in [0.1, 0.15) is 119 Å². The van der Waals surface area contributed by atoms with E-state index in [1.54, 1.807) is 0 Å². The molecule has 1 aliphatic carbocycles. The maximum Gasteiger partial charge on any atom is 0.381 e. The van der Waals surface area contributed by atoms with Crippen LogP contribution >= 0.6 is 0 Å². The second-order valence-corrected chi connectivity index (χ2v) is 14.9. The number of pyridine rings is 1. The molecule has 1 atom stereocenters. The Morgan fingerprint density at radius 2 is 1.66 bits per heavy atom. The summed E-state index contributed by atoms with van der Waals surface area (Å²) in [6, 6.07) is 11.3. The summed E-state index contributed by atoms with van der Waals surface area (Å²) in [4.78, 5) is 39.4. The molecule has 2 heterocycles. The Morgan fingerprint density at radius 3 is 2.18 bits per heavy atom. The van der Waals surface area contributed by atoms with Crippen LogP contribution in [0.2, 0.25) is 0 Å². The molecule has 1 spiro atoms. The first-order chi connectivity index (χ1) is 20.5. The highest BCUT2D eigenvalue weighted by Gasteiger charge is 2.52. The molecule has 236 valence electrons. The summed E-state index contributed by atoms with van der Waals surface area (Å²) in [6.45, 7) is 17.6. The topological polar surface area (TPSA) is 138 Å². The van der Waals surface area contributed by atoms with Gasteiger partial charge in [-0.2, -0.15) is 0 Å². The van der Waals surface area contributed by atoms with Gasteiger partial charge in [0.05, 0.1) is 6.04 Å². The summed E-state index contributed by atoms with van der Waals surface area (Å²) in [6.07, 6.45) is 5.38. The second kappa shape index (κ2) is 12.7. The Kier molecular flexibility index (Phi) is 9.57. The average molecular weight is 602 g/mol. The highest BCUT2D eigenvalue weighted by Crippen LogP contribution is 2.50. The zero-order valence-electron chi connectivity index (χ0n) is 27.8. The minimum absolute atomic E-state index is 0.0264. The molecule has 0 saturated heterocycles. The third-order valence-electron chi connectivity index (χ3n) is 9.19. The molecule has 2 aliphatic rings. The molecule has 4 rings (SSSR count). The molecule has 1 aromatic heterocycles. The number of aromatic nitrogens is 1. The summed E-state index contributed by atoms with van der Waals surface area (Å²) in [7, 11) is 0. The number of nitrogens with one attached hydrogen (secondary N) is 1. The summed E-state index contributed by atoms with van der Waals surface area (Å²) >= 11 is 0. The van der Waals surface area contributed by atoms with Gasteiger partial charge in [0, 0.05) is 22.5 Å². The third kappa shape index (κ3) is 7.48. The van der Waals surface area contributed by atoms with E-state index in [1.807, 2.05) is 50.2 Å². The molecule has 9 nitrogen and oxygen atoms in total. The minimum atomic E-state index is -0.614. The SMILES string of the molecule is Cc1cc(C2=NC3(CCC(C(C)(C)C)CC3)N(C(CCC(C)(C)C)c3ccc(C(=O)NCC(=[NH2+])N=[NH2+])cc3)C2=O)cc(C)n1. The van der Waals surface area contributed by atoms with Crippen molar-refractivity contribution in [3.8, 4) is 0 Å². The molecule has 0 radical (unpaired) electrons. The van der Waals surface area contributed by atoms with Crippen molar-refractivity contribution in [1.29, 1.82) is 0 Å². The molecule has 1 aromatic carbocycles. The van der Waals surface area contributed by atoms with Gasteiger partial charge < -0.3 is 10.2 Å². The molecular formula is C35H51N7O2+2. The Labute approximate surface area is 262 Å². The Hall–Kier alpha value is -3.75. The van der Waals surface area contributed by atoms with E-state index >= 15 is 0 Å². The zero-order valence-corrected chi connectivity index (χ0v) is 27.8. The number of nitrogens with zero attached hydrogens (tertiary/aromatic N) is 4. The number of amidine groups is 1. The van der Waals surface area contributed by atoms with Crippen LogP contribution in [0.4, 0.5) is 0 Å². The lowest BCUT2D eigenvalue weighted by Gasteiger charge is -2.47. The van der Waals surface area contributed by atoms with Gasteiger partial charge in [0.25, 0.3) is 11.8 Å². The van der Waals surface area contributed by atoms with Gasteiger partial charge in [0.2, 0.25) is 5.11 Å². The van der Waals surface area contributed by atoms with E-state index in [0.717, 1.165) is 61.0 Å². The first-order valence-corrected chi connectivity index (χ1v) is 15.8. The van der Waals surface area contributed by atoms with Gasteiger partial charge in [-0.05, 0) is 98.9 Å². The van der Waals surface area contributed by atoms with Gasteiger partial charge in [0.15, 0.2) is 0 Å². The molecule has 0 bridgehead atoms. The normalized spacial score (nSPS) is 21.3. The number of aliphatic imine (C=N–C) groups is 1. The smallest absolute Gasteiger partial charge is 0.340 e. The lowest BCUT2D eigenvalue weighted by molar-refractivity contribution is -0.221. The molecule has 1 fully saturated rings. The maximum absolute atomic E-state index is 14.6. The monoisotopic (exact) mass is 601 g/mol. The molecule has 2 aromatic rings. The molecule has 1 aliphatic heterocycles.